The Balaban J connectivity index is 1.73. The number of anilines is 2. The van der Waals surface area contributed by atoms with E-state index in [4.69, 9.17) is 10.5 Å². The molecule has 27 heavy (non-hydrogen) atoms. The molecule has 1 aromatic heterocycles. The highest BCUT2D eigenvalue weighted by atomic mass is 16.5. The molecule has 0 fully saturated rings. The summed E-state index contributed by atoms with van der Waals surface area (Å²) in [7, 11) is 0. The average molecular weight is 363 g/mol. The van der Waals surface area contributed by atoms with Gasteiger partial charge in [-0.3, -0.25) is 4.98 Å². The molecule has 0 aliphatic carbocycles. The minimum atomic E-state index is -0.374. The summed E-state index contributed by atoms with van der Waals surface area (Å²) in [6, 6.07) is 16.0. The van der Waals surface area contributed by atoms with E-state index in [0.717, 1.165) is 36.9 Å². The average Bonchev–Trinajstić information content (AvgIpc) is 2.69. The van der Waals surface area contributed by atoms with Crippen LogP contribution in [0.25, 0.3) is 10.9 Å². The van der Waals surface area contributed by atoms with E-state index < -0.39 is 0 Å². The number of unbranched alkanes of at least 4 members (excludes halogenated alkanes) is 1. The Labute approximate surface area is 159 Å². The first-order valence-corrected chi connectivity index (χ1v) is 9.32. The van der Waals surface area contributed by atoms with E-state index in [0.29, 0.717) is 23.4 Å². The summed E-state index contributed by atoms with van der Waals surface area (Å²) < 4.78 is 5.18. The maximum absolute atomic E-state index is 12.3. The number of nitrogen functional groups attached to an aromatic ring is 1. The van der Waals surface area contributed by atoms with Crippen molar-refractivity contribution in [1.29, 1.82) is 0 Å². The van der Waals surface area contributed by atoms with Gasteiger partial charge in [-0.15, -0.1) is 0 Å². The molecule has 0 saturated heterocycles. The molecule has 1 heterocycles. The summed E-state index contributed by atoms with van der Waals surface area (Å²) in [4.78, 5) is 16.7. The van der Waals surface area contributed by atoms with Crippen LogP contribution >= 0.6 is 0 Å². The van der Waals surface area contributed by atoms with Crippen LogP contribution in [0, 0.1) is 0 Å². The number of rotatable bonds is 8. The van der Waals surface area contributed by atoms with Crippen LogP contribution in [0.3, 0.4) is 0 Å². The normalized spacial score (nSPS) is 10.7. The summed E-state index contributed by atoms with van der Waals surface area (Å²) >= 11 is 0. The fourth-order valence-electron chi connectivity index (χ4n) is 3.11. The number of pyridine rings is 1. The van der Waals surface area contributed by atoms with E-state index >= 15 is 0 Å². The number of nitrogens with zero attached hydrogens (tertiary/aromatic N) is 1. The Morgan fingerprint density at radius 3 is 2.70 bits per heavy atom. The number of carbonyl (C=O) groups excluding carboxylic acids is 1. The molecule has 0 aliphatic rings. The molecule has 0 bridgehead atoms. The smallest absolute Gasteiger partial charge is 0.341 e. The van der Waals surface area contributed by atoms with Crippen LogP contribution in [0.2, 0.25) is 0 Å². The molecule has 2 aromatic carbocycles. The largest absolute Gasteiger partial charge is 0.462 e. The van der Waals surface area contributed by atoms with Crippen molar-refractivity contribution in [2.75, 3.05) is 24.2 Å². The molecule has 0 unspecified atom stereocenters. The summed E-state index contributed by atoms with van der Waals surface area (Å²) in [6.45, 7) is 2.87. The number of benzene rings is 2. The van der Waals surface area contributed by atoms with Crippen molar-refractivity contribution in [1.82, 2.24) is 4.98 Å². The van der Waals surface area contributed by atoms with Gasteiger partial charge < -0.3 is 15.8 Å². The topological polar surface area (TPSA) is 77.2 Å². The lowest BCUT2D eigenvalue weighted by atomic mass is 10.1. The van der Waals surface area contributed by atoms with E-state index in [-0.39, 0.29) is 5.97 Å². The van der Waals surface area contributed by atoms with Crippen LogP contribution in [0.4, 0.5) is 11.4 Å². The summed E-state index contributed by atoms with van der Waals surface area (Å²) in [6.07, 6.45) is 4.64. The molecule has 0 spiro atoms. The Kier molecular flexibility index (Phi) is 6.26. The van der Waals surface area contributed by atoms with Gasteiger partial charge in [0.2, 0.25) is 0 Å². The molecule has 140 valence electrons. The third-order valence-corrected chi connectivity index (χ3v) is 4.46. The number of carbonyl (C=O) groups is 1. The zero-order valence-electron chi connectivity index (χ0n) is 15.6. The molecule has 0 radical (unpaired) electrons. The van der Waals surface area contributed by atoms with Crippen LogP contribution in [-0.2, 0) is 11.2 Å². The van der Waals surface area contributed by atoms with Gasteiger partial charge in [-0.05, 0) is 37.8 Å². The second kappa shape index (κ2) is 9.03. The fraction of sp³-hybridized carbons (Fsp3) is 0.273. The molecule has 3 aromatic rings. The number of fused-ring (bicyclic) bond motifs is 1. The highest BCUT2D eigenvalue weighted by molar-refractivity contribution is 6.07. The molecule has 0 atom stereocenters. The van der Waals surface area contributed by atoms with E-state index in [1.807, 2.05) is 24.3 Å². The van der Waals surface area contributed by atoms with Gasteiger partial charge in [-0.2, -0.15) is 0 Å². The highest BCUT2D eigenvalue weighted by Gasteiger charge is 2.17. The third-order valence-electron chi connectivity index (χ3n) is 4.46. The van der Waals surface area contributed by atoms with E-state index in [2.05, 4.69) is 34.6 Å². The summed E-state index contributed by atoms with van der Waals surface area (Å²) in [5.41, 5.74) is 9.85. The predicted octanol–water partition coefficient (Wildman–Crippen LogP) is 4.43. The Morgan fingerprint density at radius 1 is 1.11 bits per heavy atom. The first kappa shape index (κ1) is 18.7. The predicted molar refractivity (Wildman–Crippen MR) is 110 cm³/mol. The first-order chi connectivity index (χ1) is 13.2. The number of para-hydroxylation sites is 1. The molecule has 3 rings (SSSR count). The zero-order valence-corrected chi connectivity index (χ0v) is 15.6. The first-order valence-electron chi connectivity index (χ1n) is 9.32. The number of aromatic nitrogens is 1. The van der Waals surface area contributed by atoms with Crippen LogP contribution in [-0.4, -0.2) is 24.1 Å². The third kappa shape index (κ3) is 4.56. The van der Waals surface area contributed by atoms with E-state index in [9.17, 15) is 4.79 Å². The SMILES string of the molecule is CCOC(=O)c1cnc2c(N)cccc2c1NCCCCc1ccccc1. The van der Waals surface area contributed by atoms with Crippen molar-refractivity contribution in [2.24, 2.45) is 0 Å². The molecule has 0 amide bonds. The minimum absolute atomic E-state index is 0.324. The lowest BCUT2D eigenvalue weighted by Gasteiger charge is -2.14. The maximum atomic E-state index is 12.3. The van der Waals surface area contributed by atoms with Crippen molar-refractivity contribution in [2.45, 2.75) is 26.2 Å². The van der Waals surface area contributed by atoms with Crippen LogP contribution in [0.15, 0.2) is 54.7 Å². The lowest BCUT2D eigenvalue weighted by Crippen LogP contribution is -2.12. The van der Waals surface area contributed by atoms with E-state index in [1.165, 1.54) is 5.56 Å². The highest BCUT2D eigenvalue weighted by Crippen LogP contribution is 2.29. The van der Waals surface area contributed by atoms with Gasteiger partial charge in [0.25, 0.3) is 0 Å². The van der Waals surface area contributed by atoms with Gasteiger partial charge in [-0.1, -0.05) is 42.5 Å². The standard InChI is InChI=1S/C22H25N3O2/c1-2-27-22(26)18-15-25-21-17(12-8-13-19(21)23)20(18)24-14-7-6-11-16-9-4-3-5-10-16/h3-5,8-10,12-13,15H,2,6-7,11,14,23H2,1H3,(H,24,25). The Hall–Kier alpha value is -3.08. The van der Waals surface area contributed by atoms with Crippen molar-refractivity contribution in [3.8, 4) is 0 Å². The fourth-order valence-corrected chi connectivity index (χ4v) is 3.11. The molecular formula is C22H25N3O2. The van der Waals surface area contributed by atoms with Crippen LogP contribution in [0.5, 0.6) is 0 Å². The number of nitrogens with one attached hydrogen (secondary N) is 1. The molecule has 0 saturated carbocycles. The van der Waals surface area contributed by atoms with Crippen LogP contribution < -0.4 is 11.1 Å². The van der Waals surface area contributed by atoms with Crippen molar-refractivity contribution in [3.63, 3.8) is 0 Å². The molecule has 0 aliphatic heterocycles. The number of nitrogens with two attached hydrogens (primary N) is 1. The van der Waals surface area contributed by atoms with Crippen LogP contribution in [0.1, 0.15) is 35.7 Å². The van der Waals surface area contributed by atoms with Crippen molar-refractivity contribution in [3.05, 3.63) is 65.9 Å². The number of hydrogen-bond donors (Lipinski definition) is 2. The van der Waals surface area contributed by atoms with Gasteiger partial charge in [0.05, 0.1) is 23.5 Å². The van der Waals surface area contributed by atoms with Gasteiger partial charge in [-0.25, -0.2) is 4.79 Å². The van der Waals surface area contributed by atoms with Gasteiger partial charge in [0, 0.05) is 18.1 Å². The molecule has 5 nitrogen and oxygen atoms in total. The minimum Gasteiger partial charge on any atom is -0.462 e. The Bertz CT molecular complexity index is 910. The number of esters is 1. The second-order valence-electron chi connectivity index (χ2n) is 6.38. The zero-order chi connectivity index (χ0) is 19.1. The van der Waals surface area contributed by atoms with Crippen molar-refractivity contribution < 1.29 is 9.53 Å². The summed E-state index contributed by atoms with van der Waals surface area (Å²) in [5, 5.41) is 4.25. The van der Waals surface area contributed by atoms with E-state index in [1.54, 1.807) is 13.1 Å². The second-order valence-corrected chi connectivity index (χ2v) is 6.38. The molecule has 3 N–H and O–H groups in total. The molecule has 5 heteroatoms. The quantitative estimate of drug-likeness (QED) is 0.352. The van der Waals surface area contributed by atoms with Gasteiger partial charge in [0.1, 0.15) is 5.56 Å². The maximum Gasteiger partial charge on any atom is 0.341 e. The Morgan fingerprint density at radius 2 is 1.93 bits per heavy atom. The van der Waals surface area contributed by atoms with Crippen molar-refractivity contribution >= 4 is 28.2 Å². The number of ether oxygens (including phenoxy) is 1. The number of aryl methyl sites for hydroxylation is 1. The van der Waals surface area contributed by atoms with Gasteiger partial charge in [0.15, 0.2) is 0 Å². The summed E-state index contributed by atoms with van der Waals surface area (Å²) in [5.74, 6) is -0.374. The lowest BCUT2D eigenvalue weighted by molar-refractivity contribution is 0.0527. The van der Waals surface area contributed by atoms with Gasteiger partial charge >= 0.3 is 5.97 Å². The number of hydrogen-bond acceptors (Lipinski definition) is 5. The monoisotopic (exact) mass is 363 g/mol. The molecular weight excluding hydrogens is 338 g/mol.